The van der Waals surface area contributed by atoms with E-state index in [0.29, 0.717) is 12.1 Å². The molecule has 0 unspecified atom stereocenters. The van der Waals surface area contributed by atoms with Gasteiger partial charge in [0.2, 0.25) is 11.5 Å². The summed E-state index contributed by atoms with van der Waals surface area (Å²) in [5.41, 5.74) is 10.4. The summed E-state index contributed by atoms with van der Waals surface area (Å²) in [5.74, 6) is -3.66. The van der Waals surface area contributed by atoms with Gasteiger partial charge in [-0.1, -0.05) is 11.2 Å². The molecule has 2 aliphatic rings. The molecule has 5 N–H and O–H groups in total. The van der Waals surface area contributed by atoms with Crippen LogP contribution in [0.5, 0.6) is 0 Å². The van der Waals surface area contributed by atoms with Crippen molar-refractivity contribution in [3.63, 3.8) is 0 Å². The van der Waals surface area contributed by atoms with Crippen molar-refractivity contribution in [1.29, 1.82) is 0 Å². The molecule has 3 heterocycles. The monoisotopic (exact) mass is 556 g/mol. The normalized spacial score (nSPS) is 20.9. The highest BCUT2D eigenvalue weighted by molar-refractivity contribution is 8.00. The molecule has 0 radical (unpaired) electrons. The summed E-state index contributed by atoms with van der Waals surface area (Å²) in [4.78, 5) is 58.3. The van der Waals surface area contributed by atoms with Crippen LogP contribution in [0.15, 0.2) is 28.6 Å². The van der Waals surface area contributed by atoms with Crippen LogP contribution in [0.25, 0.3) is 0 Å². The van der Waals surface area contributed by atoms with Crippen LogP contribution in [-0.4, -0.2) is 98.9 Å². The van der Waals surface area contributed by atoms with E-state index >= 15 is 0 Å². The summed E-state index contributed by atoms with van der Waals surface area (Å²) in [7, 11) is 3.61. The number of alkyl halides is 1. The van der Waals surface area contributed by atoms with Gasteiger partial charge in [-0.3, -0.25) is 19.3 Å². The molecule has 37 heavy (non-hydrogen) atoms. The Morgan fingerprint density at radius 2 is 2.14 bits per heavy atom. The maximum atomic E-state index is 12.9. The highest BCUT2D eigenvalue weighted by Crippen LogP contribution is 2.40. The number of allylic oxidation sites excluding steroid dienone is 1. The fourth-order valence-electron chi connectivity index (χ4n) is 3.54. The van der Waals surface area contributed by atoms with Gasteiger partial charge in [0, 0.05) is 17.3 Å². The number of halogens is 1. The lowest BCUT2D eigenvalue weighted by Crippen LogP contribution is -2.71. The molecule has 3 amide bonds. The van der Waals surface area contributed by atoms with Crippen LogP contribution < -0.4 is 21.9 Å². The van der Waals surface area contributed by atoms with Crippen LogP contribution in [0.3, 0.4) is 0 Å². The number of carboxylic acids is 1. The highest BCUT2D eigenvalue weighted by Gasteiger charge is 2.53. The third-order valence-electron chi connectivity index (χ3n) is 5.91. The number of carbonyl (C=O) groups is 4. The average molecular weight is 557 g/mol. The quantitative estimate of drug-likeness (QED) is 0.115. The van der Waals surface area contributed by atoms with Crippen LogP contribution in [-0.2, 0) is 24.0 Å². The molecule has 1 aromatic heterocycles. The first-order valence-corrected chi connectivity index (χ1v) is 12.5. The van der Waals surface area contributed by atoms with Crippen molar-refractivity contribution < 1.29 is 38.0 Å². The topological polar surface area (TPSA) is 206 Å². The van der Waals surface area contributed by atoms with E-state index in [-0.39, 0.29) is 26.9 Å². The predicted octanol–water partition coefficient (Wildman–Crippen LogP) is -2.32. The van der Waals surface area contributed by atoms with Gasteiger partial charge in [-0.25, -0.2) is 4.39 Å². The number of β-lactam (4-membered cyclic amide) rings is 1. The number of aromatic nitrogens is 2. The smallest absolute Gasteiger partial charge is 0.278 e. The number of carboxylic acid groups (broad SMARTS) is 1. The van der Waals surface area contributed by atoms with Gasteiger partial charge < -0.3 is 36.0 Å². The summed E-state index contributed by atoms with van der Waals surface area (Å²) in [6.45, 7) is 0.737. The van der Waals surface area contributed by atoms with Gasteiger partial charge in [0.25, 0.3) is 24.6 Å². The number of carbonyl (C=O) groups excluding carboxylic acids is 4. The van der Waals surface area contributed by atoms with Gasteiger partial charge in [0.15, 0.2) is 11.2 Å². The third-order valence-corrected chi connectivity index (χ3v) is 7.75. The molecule has 0 spiro atoms. The molecule has 0 aromatic carbocycles. The molecule has 14 nitrogen and oxygen atoms in total. The number of thioether (sulfide) groups is 1. The fraction of sp³-hybridized carbons (Fsp3) is 0.450. The Bertz CT molecular complexity index is 1200. The minimum atomic E-state index is -1.55. The lowest BCUT2D eigenvalue weighted by atomic mass is 10.0. The number of hydrogen-bond donors (Lipinski definition) is 3. The SMILES string of the molecule is C[C@H](C(N)=O)[N+](C)(C)C/C=C/C1=C(C(=O)[O-])N2C(=O)[C@@H](NC(=O)/C(=N\OCF)c3nsc(N)n3)[C@@H]2SC1. The maximum Gasteiger partial charge on any atom is 0.278 e. The number of fused-ring (bicyclic) bond motifs is 1. The number of likely N-dealkylation sites (N-methyl/N-ethyl adjacent to an activating group) is 1. The summed E-state index contributed by atoms with van der Waals surface area (Å²) < 4.78 is 16.5. The number of amides is 3. The van der Waals surface area contributed by atoms with Crippen LogP contribution in [0.2, 0.25) is 0 Å². The Balaban J connectivity index is 1.77. The Labute approximate surface area is 218 Å². The van der Waals surface area contributed by atoms with Gasteiger partial charge in [0.05, 0.1) is 32.3 Å². The number of primary amides is 1. The third kappa shape index (κ3) is 5.89. The summed E-state index contributed by atoms with van der Waals surface area (Å²) >= 11 is 2.00. The second-order valence-electron chi connectivity index (χ2n) is 8.60. The molecule has 0 aliphatic carbocycles. The standard InChI is InChI=1S/C20H25FN8O6S2/c1-9(14(22)30)29(2,3)6-4-5-10-7-36-18-12(17(32)28(18)13(10)19(33)34)24-16(31)11(26-35-8-21)15-25-20(23)37-27-15/h4-5,9,12,18H,6-8H2,1-3H3,(H5-,22,23,24,25,27,30,31,33,34)/b5-4+,26-11-/t9-,12-,18+/m1/s1. The molecule has 200 valence electrons. The number of anilines is 1. The fourth-order valence-corrected chi connectivity index (χ4v) is 5.30. The molecule has 3 rings (SSSR count). The first-order chi connectivity index (χ1) is 17.4. The molecule has 0 bridgehead atoms. The summed E-state index contributed by atoms with van der Waals surface area (Å²) in [5, 5.41) is 17.0. The largest absolute Gasteiger partial charge is 0.543 e. The molecule has 0 saturated carbocycles. The Morgan fingerprint density at radius 1 is 1.43 bits per heavy atom. The van der Waals surface area contributed by atoms with Crippen LogP contribution in [0.4, 0.5) is 9.52 Å². The van der Waals surface area contributed by atoms with Crippen LogP contribution >= 0.6 is 23.3 Å². The molecule has 2 aliphatic heterocycles. The minimum absolute atomic E-state index is 0.0278. The van der Waals surface area contributed by atoms with Gasteiger partial charge in [-0.15, -0.1) is 11.8 Å². The number of nitrogens with one attached hydrogen (secondary N) is 1. The lowest BCUT2D eigenvalue weighted by Gasteiger charge is -2.50. The van der Waals surface area contributed by atoms with E-state index in [1.807, 2.05) is 0 Å². The van der Waals surface area contributed by atoms with Crippen LogP contribution in [0.1, 0.15) is 12.7 Å². The van der Waals surface area contributed by atoms with Crippen molar-refractivity contribution in [3.8, 4) is 0 Å². The first-order valence-electron chi connectivity index (χ1n) is 10.7. The van der Waals surface area contributed by atoms with Crippen molar-refractivity contribution in [2.24, 2.45) is 10.9 Å². The molecule has 1 saturated heterocycles. The Hall–Kier alpha value is -3.57. The molecular weight excluding hydrogens is 531 g/mol. The van der Waals surface area contributed by atoms with Gasteiger partial charge in [0.1, 0.15) is 11.4 Å². The average Bonchev–Trinajstić information content (AvgIpc) is 3.27. The maximum absolute atomic E-state index is 12.9. The molecule has 1 fully saturated rings. The summed E-state index contributed by atoms with van der Waals surface area (Å²) in [6.07, 6.45) is 3.26. The zero-order chi connectivity index (χ0) is 27.5. The predicted molar refractivity (Wildman–Crippen MR) is 130 cm³/mol. The Kier molecular flexibility index (Phi) is 8.49. The number of hydrogen-bond acceptors (Lipinski definition) is 12. The van der Waals surface area contributed by atoms with E-state index in [0.717, 1.165) is 16.4 Å². The Morgan fingerprint density at radius 3 is 2.70 bits per heavy atom. The number of oxime groups is 1. The van der Waals surface area contributed by atoms with Crippen molar-refractivity contribution in [1.82, 2.24) is 19.6 Å². The van der Waals surface area contributed by atoms with Crippen molar-refractivity contribution >= 4 is 57.8 Å². The van der Waals surface area contributed by atoms with E-state index in [2.05, 4.69) is 24.7 Å². The molecule has 1 aromatic rings. The second kappa shape index (κ2) is 11.2. The van der Waals surface area contributed by atoms with Crippen LogP contribution in [0, 0.1) is 0 Å². The molecule has 17 heteroatoms. The molecule has 3 atom stereocenters. The second-order valence-corrected chi connectivity index (χ2v) is 10.5. The number of aliphatic carboxylic acids is 1. The van der Waals surface area contributed by atoms with Crippen molar-refractivity contribution in [2.45, 2.75) is 24.4 Å². The number of nitrogens with zero attached hydrogens (tertiary/aromatic N) is 5. The number of nitrogen functional groups attached to an aromatic ring is 1. The molecular formula is C20H25FN8O6S2. The number of rotatable bonds is 11. The van der Waals surface area contributed by atoms with E-state index in [1.165, 1.54) is 11.8 Å². The zero-order valence-electron chi connectivity index (χ0n) is 20.0. The summed E-state index contributed by atoms with van der Waals surface area (Å²) in [6, 6.07) is -1.58. The van der Waals surface area contributed by atoms with E-state index in [9.17, 15) is 28.7 Å². The van der Waals surface area contributed by atoms with Gasteiger partial charge in [-0.2, -0.15) is 9.36 Å². The van der Waals surface area contributed by atoms with Crippen molar-refractivity contribution in [2.75, 3.05) is 39.0 Å². The number of quaternary nitrogens is 1. The minimum Gasteiger partial charge on any atom is -0.543 e. The van der Waals surface area contributed by atoms with E-state index in [1.54, 1.807) is 33.2 Å². The van der Waals surface area contributed by atoms with E-state index in [4.69, 9.17) is 11.5 Å². The van der Waals surface area contributed by atoms with Gasteiger partial charge in [-0.05, 0) is 18.6 Å². The van der Waals surface area contributed by atoms with Gasteiger partial charge >= 0.3 is 0 Å². The van der Waals surface area contributed by atoms with E-state index < -0.39 is 53.7 Å². The first kappa shape index (κ1) is 28.0. The zero-order valence-corrected chi connectivity index (χ0v) is 21.7. The van der Waals surface area contributed by atoms with Crippen molar-refractivity contribution in [3.05, 3.63) is 29.2 Å². The highest BCUT2D eigenvalue weighted by atomic mass is 32.2. The number of nitrogens with two attached hydrogens (primary N) is 2. The lowest BCUT2D eigenvalue weighted by molar-refractivity contribution is -0.898.